The van der Waals surface area contributed by atoms with Crippen LogP contribution in [-0.4, -0.2) is 16.0 Å². The average Bonchev–Trinajstić information content (AvgIpc) is 2.49. The summed E-state index contributed by atoms with van der Waals surface area (Å²) in [6, 6.07) is 8.51. The number of hydrogen-bond donors (Lipinski definition) is 3. The van der Waals surface area contributed by atoms with Gasteiger partial charge in [-0.1, -0.05) is 24.3 Å². The van der Waals surface area contributed by atoms with Gasteiger partial charge in [-0.3, -0.25) is 5.43 Å². The van der Waals surface area contributed by atoms with Gasteiger partial charge in [0, 0.05) is 6.04 Å². The van der Waals surface area contributed by atoms with Gasteiger partial charge in [0.1, 0.15) is 0 Å². The maximum absolute atomic E-state index is 13.7. The maximum atomic E-state index is 13.7. The molecule has 3 rings (SSSR count). The number of anilines is 2. The number of nitrogens with zero attached hydrogens (tertiary/aromatic N) is 2. The van der Waals surface area contributed by atoms with E-state index in [0.717, 1.165) is 25.5 Å². The van der Waals surface area contributed by atoms with Crippen LogP contribution in [0.3, 0.4) is 0 Å². The van der Waals surface area contributed by atoms with Gasteiger partial charge in [0.2, 0.25) is 5.95 Å². The third-order valence-corrected chi connectivity index (χ3v) is 3.56. The zero-order valence-electron chi connectivity index (χ0n) is 10.9. The predicted octanol–water partition coefficient (Wildman–Crippen LogP) is 1.87. The Bertz CT molecular complexity index is 616. The molecule has 0 aliphatic heterocycles. The van der Waals surface area contributed by atoms with Crippen molar-refractivity contribution in [1.82, 2.24) is 9.97 Å². The summed E-state index contributed by atoms with van der Waals surface area (Å²) >= 11 is 0. The molecule has 5 nitrogen and oxygen atoms in total. The summed E-state index contributed by atoms with van der Waals surface area (Å²) in [6.45, 7) is 0. The summed E-state index contributed by atoms with van der Waals surface area (Å²) in [5.74, 6) is 5.16. The summed E-state index contributed by atoms with van der Waals surface area (Å²) in [4.78, 5) is 7.73. The van der Waals surface area contributed by atoms with Crippen LogP contribution < -0.4 is 16.6 Å². The zero-order chi connectivity index (χ0) is 13.9. The SMILES string of the molecule is NNc1ncc(F)c(NC2CCc3ccccc3C2)n1. The molecule has 1 atom stereocenters. The molecule has 20 heavy (non-hydrogen) atoms. The molecule has 0 bridgehead atoms. The number of nitrogens with two attached hydrogens (primary N) is 1. The quantitative estimate of drug-likeness (QED) is 0.588. The highest BCUT2D eigenvalue weighted by atomic mass is 19.1. The number of rotatable bonds is 3. The lowest BCUT2D eigenvalue weighted by Gasteiger charge is -2.26. The minimum Gasteiger partial charge on any atom is -0.364 e. The summed E-state index contributed by atoms with van der Waals surface area (Å²) in [5, 5.41) is 3.14. The van der Waals surface area contributed by atoms with Crippen LogP contribution in [0.5, 0.6) is 0 Å². The molecule has 0 amide bonds. The summed E-state index contributed by atoms with van der Waals surface area (Å²) < 4.78 is 13.7. The number of aromatic nitrogens is 2. The second kappa shape index (κ2) is 5.42. The van der Waals surface area contributed by atoms with Gasteiger partial charge in [-0.25, -0.2) is 15.2 Å². The molecule has 1 aromatic heterocycles. The van der Waals surface area contributed by atoms with Crippen LogP contribution in [0.15, 0.2) is 30.5 Å². The van der Waals surface area contributed by atoms with Gasteiger partial charge in [-0.05, 0) is 30.4 Å². The fourth-order valence-corrected chi connectivity index (χ4v) is 2.55. The first kappa shape index (κ1) is 12.8. The molecule has 1 unspecified atom stereocenters. The monoisotopic (exact) mass is 273 g/mol. The molecular weight excluding hydrogens is 257 g/mol. The molecule has 2 aromatic rings. The number of hydrazine groups is 1. The Morgan fingerprint density at radius 3 is 2.85 bits per heavy atom. The maximum Gasteiger partial charge on any atom is 0.239 e. The summed E-state index contributed by atoms with van der Waals surface area (Å²) in [6.07, 6.45) is 3.92. The molecular formula is C14H16FN5. The molecule has 1 heterocycles. The largest absolute Gasteiger partial charge is 0.364 e. The number of nitrogen functional groups attached to an aromatic ring is 1. The first-order valence-corrected chi connectivity index (χ1v) is 6.58. The van der Waals surface area contributed by atoms with Crippen molar-refractivity contribution in [3.05, 3.63) is 47.4 Å². The highest BCUT2D eigenvalue weighted by Gasteiger charge is 2.19. The van der Waals surface area contributed by atoms with Crippen molar-refractivity contribution in [2.45, 2.75) is 25.3 Å². The Hall–Kier alpha value is -2.21. The third kappa shape index (κ3) is 2.55. The van der Waals surface area contributed by atoms with E-state index >= 15 is 0 Å². The minimum atomic E-state index is -0.470. The van der Waals surface area contributed by atoms with Gasteiger partial charge in [0.25, 0.3) is 0 Å². The van der Waals surface area contributed by atoms with Gasteiger partial charge in [-0.2, -0.15) is 4.98 Å². The highest BCUT2D eigenvalue weighted by Crippen LogP contribution is 2.24. The van der Waals surface area contributed by atoms with Crippen molar-refractivity contribution >= 4 is 11.8 Å². The Kier molecular flexibility index (Phi) is 3.47. The van der Waals surface area contributed by atoms with E-state index in [1.165, 1.54) is 11.1 Å². The molecule has 6 heteroatoms. The molecule has 1 aromatic carbocycles. The molecule has 1 aliphatic carbocycles. The fourth-order valence-electron chi connectivity index (χ4n) is 2.55. The lowest BCUT2D eigenvalue weighted by molar-refractivity contribution is 0.583. The van der Waals surface area contributed by atoms with Crippen molar-refractivity contribution in [2.24, 2.45) is 5.84 Å². The predicted molar refractivity (Wildman–Crippen MR) is 75.7 cm³/mol. The molecule has 0 fully saturated rings. The van der Waals surface area contributed by atoms with Gasteiger partial charge in [-0.15, -0.1) is 0 Å². The second-order valence-electron chi connectivity index (χ2n) is 4.89. The van der Waals surface area contributed by atoms with Crippen LogP contribution in [0.1, 0.15) is 17.5 Å². The van der Waals surface area contributed by atoms with E-state index in [1.54, 1.807) is 0 Å². The van der Waals surface area contributed by atoms with Gasteiger partial charge >= 0.3 is 0 Å². The summed E-state index contributed by atoms with van der Waals surface area (Å²) in [7, 11) is 0. The average molecular weight is 273 g/mol. The smallest absolute Gasteiger partial charge is 0.239 e. The van der Waals surface area contributed by atoms with Crippen molar-refractivity contribution < 1.29 is 4.39 Å². The Balaban J connectivity index is 1.76. The molecule has 1 aliphatic rings. The van der Waals surface area contributed by atoms with Crippen molar-refractivity contribution in [3.63, 3.8) is 0 Å². The van der Waals surface area contributed by atoms with E-state index in [4.69, 9.17) is 5.84 Å². The van der Waals surface area contributed by atoms with Gasteiger partial charge in [0.15, 0.2) is 11.6 Å². The first-order valence-electron chi connectivity index (χ1n) is 6.58. The van der Waals surface area contributed by atoms with E-state index in [0.29, 0.717) is 0 Å². The molecule has 0 saturated carbocycles. The van der Waals surface area contributed by atoms with E-state index in [9.17, 15) is 4.39 Å². The second-order valence-corrected chi connectivity index (χ2v) is 4.89. The topological polar surface area (TPSA) is 75.9 Å². The molecule has 4 N–H and O–H groups in total. The van der Waals surface area contributed by atoms with Gasteiger partial charge < -0.3 is 5.32 Å². The van der Waals surface area contributed by atoms with Crippen LogP contribution in [0.2, 0.25) is 0 Å². The van der Waals surface area contributed by atoms with Crippen LogP contribution >= 0.6 is 0 Å². The lowest BCUT2D eigenvalue weighted by atomic mass is 9.88. The van der Waals surface area contributed by atoms with Crippen molar-refractivity contribution in [2.75, 3.05) is 10.7 Å². The minimum absolute atomic E-state index is 0.167. The molecule has 0 saturated heterocycles. The molecule has 0 radical (unpaired) electrons. The standard InChI is InChI=1S/C14H16FN5/c15-12-8-17-14(20-16)19-13(12)18-11-6-5-9-3-1-2-4-10(9)7-11/h1-4,8,11H,5-7,16H2,(H2,17,18,19,20). The first-order chi connectivity index (χ1) is 9.76. The van der Waals surface area contributed by atoms with E-state index in [2.05, 4.69) is 38.9 Å². The Morgan fingerprint density at radius 1 is 1.25 bits per heavy atom. The highest BCUT2D eigenvalue weighted by molar-refractivity contribution is 5.43. The Morgan fingerprint density at radius 2 is 2.05 bits per heavy atom. The van der Waals surface area contributed by atoms with E-state index in [-0.39, 0.29) is 17.8 Å². The van der Waals surface area contributed by atoms with Crippen LogP contribution in [-0.2, 0) is 12.8 Å². The zero-order valence-corrected chi connectivity index (χ0v) is 10.9. The van der Waals surface area contributed by atoms with E-state index < -0.39 is 5.82 Å². The van der Waals surface area contributed by atoms with Crippen molar-refractivity contribution in [3.8, 4) is 0 Å². The number of hydrogen-bond acceptors (Lipinski definition) is 5. The number of fused-ring (bicyclic) bond motifs is 1. The van der Waals surface area contributed by atoms with E-state index in [1.807, 2.05) is 6.07 Å². The van der Waals surface area contributed by atoms with Crippen LogP contribution in [0.4, 0.5) is 16.2 Å². The fraction of sp³-hybridized carbons (Fsp3) is 0.286. The number of halogens is 1. The number of aryl methyl sites for hydroxylation is 1. The van der Waals surface area contributed by atoms with Crippen LogP contribution in [0.25, 0.3) is 0 Å². The normalized spacial score (nSPS) is 17.4. The molecule has 0 spiro atoms. The van der Waals surface area contributed by atoms with Gasteiger partial charge in [0.05, 0.1) is 6.20 Å². The number of benzene rings is 1. The molecule has 104 valence electrons. The van der Waals surface area contributed by atoms with Crippen molar-refractivity contribution in [1.29, 1.82) is 0 Å². The Labute approximate surface area is 116 Å². The lowest BCUT2D eigenvalue weighted by Crippen LogP contribution is -2.28. The van der Waals surface area contributed by atoms with Crippen LogP contribution in [0, 0.1) is 5.82 Å². The third-order valence-electron chi connectivity index (χ3n) is 3.56. The number of nitrogens with one attached hydrogen (secondary N) is 2. The summed E-state index contributed by atoms with van der Waals surface area (Å²) in [5.41, 5.74) is 5.00.